The Hall–Kier alpha value is -2.99. The number of aryl methyl sites for hydroxylation is 1. The van der Waals surface area contributed by atoms with Crippen LogP contribution in [-0.2, 0) is 10.0 Å². The number of benzene rings is 3. The molecule has 36 heavy (non-hydrogen) atoms. The summed E-state index contributed by atoms with van der Waals surface area (Å²) in [5, 5.41) is 0. The minimum absolute atomic E-state index is 0.172. The molecule has 0 unspecified atom stereocenters. The van der Waals surface area contributed by atoms with E-state index in [0.29, 0.717) is 0 Å². The van der Waals surface area contributed by atoms with Gasteiger partial charge in [0.25, 0.3) is 0 Å². The number of sulfonamides is 1. The van der Waals surface area contributed by atoms with Crippen molar-refractivity contribution in [1.82, 2.24) is 9.62 Å². The zero-order chi connectivity index (χ0) is 25.4. The quantitative estimate of drug-likeness (QED) is 0.297. The van der Waals surface area contributed by atoms with E-state index < -0.39 is 16.1 Å². The molecule has 0 spiro atoms. The molecule has 1 aliphatic rings. The predicted octanol–water partition coefficient (Wildman–Crippen LogP) is 6.74. The highest BCUT2D eigenvalue weighted by atomic mass is 32.2. The number of hydrogen-bond acceptors (Lipinski definition) is 3. The molecule has 0 radical (unpaired) electrons. The molecule has 0 amide bonds. The Morgan fingerprint density at radius 3 is 2.11 bits per heavy atom. The van der Waals surface area contributed by atoms with E-state index in [2.05, 4.69) is 47.0 Å². The van der Waals surface area contributed by atoms with Crippen LogP contribution in [0.3, 0.4) is 0 Å². The molecule has 4 nitrogen and oxygen atoms in total. The lowest BCUT2D eigenvalue weighted by Crippen LogP contribution is -2.39. The van der Waals surface area contributed by atoms with Crippen LogP contribution >= 0.6 is 0 Å². The van der Waals surface area contributed by atoms with Gasteiger partial charge in [0.1, 0.15) is 0 Å². The summed E-state index contributed by atoms with van der Waals surface area (Å²) in [6.45, 7) is 2.81. The first-order valence-electron chi connectivity index (χ1n) is 12.7. The molecule has 3 aromatic carbocycles. The minimum atomic E-state index is -3.74. The predicted molar refractivity (Wildman–Crippen MR) is 148 cm³/mol. The van der Waals surface area contributed by atoms with E-state index in [1.54, 1.807) is 12.1 Å². The second-order valence-corrected chi connectivity index (χ2v) is 11.2. The van der Waals surface area contributed by atoms with E-state index in [0.717, 1.165) is 48.9 Å². The van der Waals surface area contributed by atoms with Gasteiger partial charge in [0, 0.05) is 0 Å². The second-order valence-electron chi connectivity index (χ2n) is 9.54. The maximum Gasteiger partial charge on any atom is 0.241 e. The SMILES string of the molecule is Cc1ccc(S(=O)(=O)N[C@H](c2ccccc2)[C@@H](c2ccccc2)N(C)CCCC2=CCC=CC2)cc1. The van der Waals surface area contributed by atoms with Gasteiger partial charge in [-0.2, -0.15) is 0 Å². The molecular weight excluding hydrogens is 464 g/mol. The topological polar surface area (TPSA) is 49.4 Å². The summed E-state index contributed by atoms with van der Waals surface area (Å²) in [4.78, 5) is 2.57. The van der Waals surface area contributed by atoms with Crippen LogP contribution in [0, 0.1) is 6.92 Å². The molecule has 0 fully saturated rings. The van der Waals surface area contributed by atoms with Crippen molar-refractivity contribution in [2.45, 2.75) is 49.6 Å². The van der Waals surface area contributed by atoms with Crippen LogP contribution in [0.1, 0.15) is 54.5 Å². The molecule has 0 bridgehead atoms. The average Bonchev–Trinajstić information content (AvgIpc) is 2.90. The lowest BCUT2D eigenvalue weighted by atomic mass is 9.92. The number of hydrogen-bond donors (Lipinski definition) is 1. The van der Waals surface area contributed by atoms with Crippen LogP contribution in [0.5, 0.6) is 0 Å². The molecular formula is C31H36N2O2S. The molecule has 0 saturated carbocycles. The molecule has 0 aliphatic heterocycles. The zero-order valence-electron chi connectivity index (χ0n) is 21.2. The largest absolute Gasteiger partial charge is 0.297 e. The van der Waals surface area contributed by atoms with Gasteiger partial charge >= 0.3 is 0 Å². The van der Waals surface area contributed by atoms with E-state index in [9.17, 15) is 8.42 Å². The van der Waals surface area contributed by atoms with E-state index in [4.69, 9.17) is 0 Å². The van der Waals surface area contributed by atoms with E-state index in [1.165, 1.54) is 5.57 Å². The van der Waals surface area contributed by atoms with E-state index >= 15 is 0 Å². The molecule has 3 aromatic rings. The third kappa shape index (κ3) is 6.82. The number of allylic oxidation sites excluding steroid dienone is 4. The Morgan fingerprint density at radius 1 is 0.861 bits per heavy atom. The van der Waals surface area contributed by atoms with E-state index in [-0.39, 0.29) is 10.9 Å². The van der Waals surface area contributed by atoms with Crippen LogP contribution < -0.4 is 4.72 Å². The molecule has 188 valence electrons. The van der Waals surface area contributed by atoms with Gasteiger partial charge in [-0.05, 0) is 69.5 Å². The maximum atomic E-state index is 13.6. The fourth-order valence-corrected chi connectivity index (χ4v) is 6.06. The number of likely N-dealkylation sites (N-methyl/N-ethyl adjacent to an activating group) is 1. The number of nitrogens with zero attached hydrogens (tertiary/aromatic N) is 1. The van der Waals surface area contributed by atoms with Gasteiger partial charge in [0.15, 0.2) is 0 Å². The van der Waals surface area contributed by atoms with Crippen LogP contribution in [0.2, 0.25) is 0 Å². The van der Waals surface area contributed by atoms with Crippen molar-refractivity contribution in [2.24, 2.45) is 0 Å². The number of rotatable bonds is 11. The molecule has 1 N–H and O–H groups in total. The lowest BCUT2D eigenvalue weighted by Gasteiger charge is -2.36. The van der Waals surface area contributed by atoms with Gasteiger partial charge < -0.3 is 0 Å². The van der Waals surface area contributed by atoms with Crippen molar-refractivity contribution in [2.75, 3.05) is 13.6 Å². The monoisotopic (exact) mass is 500 g/mol. The molecule has 0 aromatic heterocycles. The van der Waals surface area contributed by atoms with Crippen molar-refractivity contribution < 1.29 is 8.42 Å². The highest BCUT2D eigenvalue weighted by Crippen LogP contribution is 2.35. The first-order chi connectivity index (χ1) is 17.4. The van der Waals surface area contributed by atoms with Gasteiger partial charge in [0.05, 0.1) is 17.0 Å². The smallest absolute Gasteiger partial charge is 0.241 e. The first-order valence-corrected chi connectivity index (χ1v) is 14.1. The Morgan fingerprint density at radius 2 is 1.50 bits per heavy atom. The van der Waals surface area contributed by atoms with Crippen molar-refractivity contribution in [3.63, 3.8) is 0 Å². The van der Waals surface area contributed by atoms with E-state index in [1.807, 2.05) is 67.6 Å². The fraction of sp³-hybridized carbons (Fsp3) is 0.290. The summed E-state index contributed by atoms with van der Waals surface area (Å²) >= 11 is 0. The van der Waals surface area contributed by atoms with Gasteiger partial charge in [0.2, 0.25) is 10.0 Å². The van der Waals surface area contributed by atoms with Crippen LogP contribution in [0.4, 0.5) is 0 Å². The van der Waals surface area contributed by atoms with Crippen molar-refractivity contribution >= 4 is 10.0 Å². The Bertz CT molecular complexity index is 1270. The molecule has 2 atom stereocenters. The summed E-state index contributed by atoms with van der Waals surface area (Å²) in [5.74, 6) is 0. The highest BCUT2D eigenvalue weighted by molar-refractivity contribution is 7.89. The minimum Gasteiger partial charge on any atom is -0.297 e. The normalized spacial score (nSPS) is 15.5. The third-order valence-corrected chi connectivity index (χ3v) is 8.26. The molecule has 1 aliphatic carbocycles. The molecule has 4 rings (SSSR count). The summed E-state index contributed by atoms with van der Waals surface area (Å²) < 4.78 is 30.2. The second kappa shape index (κ2) is 12.3. The zero-order valence-corrected chi connectivity index (χ0v) is 22.0. The fourth-order valence-electron chi connectivity index (χ4n) is 4.83. The van der Waals surface area contributed by atoms with Crippen molar-refractivity contribution in [3.8, 4) is 0 Å². The maximum absolute atomic E-state index is 13.6. The van der Waals surface area contributed by atoms with Crippen molar-refractivity contribution in [1.29, 1.82) is 0 Å². The number of nitrogens with one attached hydrogen (secondary N) is 1. The summed E-state index contributed by atoms with van der Waals surface area (Å²) in [6, 6.07) is 26.5. The van der Waals surface area contributed by atoms with Crippen LogP contribution in [-0.4, -0.2) is 26.9 Å². The molecule has 0 heterocycles. The lowest BCUT2D eigenvalue weighted by molar-refractivity contribution is 0.203. The summed E-state index contributed by atoms with van der Waals surface area (Å²) in [5.41, 5.74) is 4.54. The van der Waals surface area contributed by atoms with Gasteiger partial charge in [-0.1, -0.05) is 102 Å². The summed E-state index contributed by atoms with van der Waals surface area (Å²) in [7, 11) is -1.64. The van der Waals surface area contributed by atoms with Crippen LogP contribution in [0.15, 0.2) is 114 Å². The standard InChI is InChI=1S/C31H36N2O2S/c1-25-20-22-29(23-21-25)36(34,35)32-30(27-16-8-4-9-17-27)31(28-18-10-5-11-19-28)33(2)24-12-15-26-13-6-3-7-14-26/h3-6,8-11,14,16-23,30-32H,7,12-13,15,24H2,1-2H3/t30-,31-/m1/s1. The molecule has 5 heteroatoms. The van der Waals surface area contributed by atoms with Crippen LogP contribution in [0.25, 0.3) is 0 Å². The first kappa shape index (κ1) is 26.1. The summed E-state index contributed by atoms with van der Waals surface area (Å²) in [6.07, 6.45) is 10.9. The van der Waals surface area contributed by atoms with Gasteiger partial charge in [-0.25, -0.2) is 13.1 Å². The van der Waals surface area contributed by atoms with Gasteiger partial charge in [-0.3, -0.25) is 4.90 Å². The third-order valence-electron chi connectivity index (χ3n) is 6.80. The highest BCUT2D eigenvalue weighted by Gasteiger charge is 2.32. The van der Waals surface area contributed by atoms with Crippen molar-refractivity contribution in [3.05, 3.63) is 125 Å². The Balaban J connectivity index is 1.65. The Labute approximate surface area is 216 Å². The van der Waals surface area contributed by atoms with Gasteiger partial charge in [-0.15, -0.1) is 0 Å². The molecule has 0 saturated heterocycles. The average molecular weight is 501 g/mol. The Kier molecular flexibility index (Phi) is 8.92.